The molecule has 0 unspecified atom stereocenters. The summed E-state index contributed by atoms with van der Waals surface area (Å²) in [5.74, 6) is 1.70. The molecule has 0 bridgehead atoms. The minimum absolute atomic E-state index is 0.146. The number of amides is 1. The molecule has 0 fully saturated rings. The van der Waals surface area contributed by atoms with Crippen molar-refractivity contribution in [1.82, 2.24) is 9.78 Å². The van der Waals surface area contributed by atoms with Crippen molar-refractivity contribution in [3.8, 4) is 11.5 Å². The normalized spacial score (nSPS) is 10.2. The number of methoxy groups -OCH3 is 2. The fourth-order valence-corrected chi connectivity index (χ4v) is 1.84. The standard InChI is InChI=1S/C14H17N3O3/c1-17-7-6-13(16-17)15-14(18)8-10-4-5-11(19-2)9-12(10)20-3/h4-7,9H,8H2,1-3H3,(H,15,16,18). The molecule has 2 aromatic rings. The van der Waals surface area contributed by atoms with Gasteiger partial charge in [0.05, 0.1) is 20.6 Å². The molecule has 1 aromatic heterocycles. The lowest BCUT2D eigenvalue weighted by Gasteiger charge is -2.10. The van der Waals surface area contributed by atoms with Crippen molar-refractivity contribution in [3.63, 3.8) is 0 Å². The average molecular weight is 275 g/mol. The summed E-state index contributed by atoms with van der Waals surface area (Å²) in [5, 5.41) is 6.83. The molecule has 0 saturated heterocycles. The van der Waals surface area contributed by atoms with Gasteiger partial charge in [0.25, 0.3) is 0 Å². The first-order chi connectivity index (χ1) is 9.62. The maximum Gasteiger partial charge on any atom is 0.230 e. The quantitative estimate of drug-likeness (QED) is 0.900. The van der Waals surface area contributed by atoms with Crippen LogP contribution in [0, 0.1) is 0 Å². The molecular formula is C14H17N3O3. The van der Waals surface area contributed by atoms with E-state index in [9.17, 15) is 4.79 Å². The van der Waals surface area contributed by atoms with Gasteiger partial charge in [0, 0.05) is 30.9 Å². The average Bonchev–Trinajstić information content (AvgIpc) is 2.84. The van der Waals surface area contributed by atoms with Crippen LogP contribution in [0.1, 0.15) is 5.56 Å². The molecule has 0 aliphatic rings. The maximum atomic E-state index is 12.0. The van der Waals surface area contributed by atoms with E-state index in [0.717, 1.165) is 5.56 Å². The van der Waals surface area contributed by atoms with E-state index in [2.05, 4.69) is 10.4 Å². The maximum absolute atomic E-state index is 12.0. The highest BCUT2D eigenvalue weighted by Crippen LogP contribution is 2.25. The van der Waals surface area contributed by atoms with Crippen LogP contribution in [0.2, 0.25) is 0 Å². The molecule has 6 nitrogen and oxygen atoms in total. The summed E-state index contributed by atoms with van der Waals surface area (Å²) >= 11 is 0. The Morgan fingerprint density at radius 1 is 1.30 bits per heavy atom. The van der Waals surface area contributed by atoms with Crippen LogP contribution in [-0.4, -0.2) is 29.9 Å². The Labute approximate surface area is 117 Å². The first-order valence-electron chi connectivity index (χ1n) is 6.13. The predicted molar refractivity (Wildman–Crippen MR) is 75.1 cm³/mol. The summed E-state index contributed by atoms with van der Waals surface area (Å²) in [6, 6.07) is 7.11. The smallest absolute Gasteiger partial charge is 0.230 e. The van der Waals surface area contributed by atoms with Crippen molar-refractivity contribution in [1.29, 1.82) is 0 Å². The van der Waals surface area contributed by atoms with Crippen LogP contribution in [0.5, 0.6) is 11.5 Å². The van der Waals surface area contributed by atoms with Crippen LogP contribution >= 0.6 is 0 Å². The Balaban J connectivity index is 2.07. The topological polar surface area (TPSA) is 65.4 Å². The van der Waals surface area contributed by atoms with Crippen molar-refractivity contribution >= 4 is 11.7 Å². The molecule has 0 atom stereocenters. The van der Waals surface area contributed by atoms with Crippen molar-refractivity contribution in [2.24, 2.45) is 7.05 Å². The summed E-state index contributed by atoms with van der Waals surface area (Å²) < 4.78 is 12.0. The number of carbonyl (C=O) groups excluding carboxylic acids is 1. The lowest BCUT2D eigenvalue weighted by atomic mass is 10.1. The summed E-state index contributed by atoms with van der Waals surface area (Å²) in [4.78, 5) is 12.0. The molecule has 1 amide bonds. The summed E-state index contributed by atoms with van der Waals surface area (Å²) in [6.45, 7) is 0. The number of benzene rings is 1. The zero-order valence-corrected chi connectivity index (χ0v) is 11.7. The molecule has 1 aromatic carbocycles. The SMILES string of the molecule is COc1ccc(CC(=O)Nc2ccn(C)n2)c(OC)c1. The fraction of sp³-hybridized carbons (Fsp3) is 0.286. The highest BCUT2D eigenvalue weighted by atomic mass is 16.5. The molecule has 0 spiro atoms. The van der Waals surface area contributed by atoms with Gasteiger partial charge in [-0.2, -0.15) is 5.10 Å². The Morgan fingerprint density at radius 3 is 2.70 bits per heavy atom. The monoisotopic (exact) mass is 275 g/mol. The highest BCUT2D eigenvalue weighted by Gasteiger charge is 2.11. The van der Waals surface area contributed by atoms with E-state index in [1.807, 2.05) is 6.07 Å². The summed E-state index contributed by atoms with van der Waals surface area (Å²) in [5.41, 5.74) is 0.793. The van der Waals surface area contributed by atoms with E-state index in [1.54, 1.807) is 50.3 Å². The largest absolute Gasteiger partial charge is 0.497 e. The van der Waals surface area contributed by atoms with Gasteiger partial charge in [-0.15, -0.1) is 0 Å². The molecule has 0 aliphatic heterocycles. The summed E-state index contributed by atoms with van der Waals surface area (Å²) in [6.07, 6.45) is 1.98. The fourth-order valence-electron chi connectivity index (χ4n) is 1.84. The predicted octanol–water partition coefficient (Wildman–Crippen LogP) is 1.62. The molecule has 20 heavy (non-hydrogen) atoms. The molecule has 2 rings (SSSR count). The van der Waals surface area contributed by atoms with E-state index in [1.165, 1.54) is 0 Å². The van der Waals surface area contributed by atoms with Gasteiger partial charge in [0.2, 0.25) is 5.91 Å². The van der Waals surface area contributed by atoms with Gasteiger partial charge in [0.1, 0.15) is 11.5 Å². The second-order valence-electron chi connectivity index (χ2n) is 4.28. The number of hydrogen-bond acceptors (Lipinski definition) is 4. The van der Waals surface area contributed by atoms with E-state index in [0.29, 0.717) is 17.3 Å². The first kappa shape index (κ1) is 13.9. The Hall–Kier alpha value is -2.50. The van der Waals surface area contributed by atoms with E-state index in [-0.39, 0.29) is 12.3 Å². The minimum Gasteiger partial charge on any atom is -0.497 e. The number of rotatable bonds is 5. The number of nitrogens with zero attached hydrogens (tertiary/aromatic N) is 2. The third-order valence-electron chi connectivity index (χ3n) is 2.83. The molecular weight excluding hydrogens is 258 g/mol. The van der Waals surface area contributed by atoms with Crippen molar-refractivity contribution < 1.29 is 14.3 Å². The number of hydrogen-bond donors (Lipinski definition) is 1. The number of aromatic nitrogens is 2. The highest BCUT2D eigenvalue weighted by molar-refractivity contribution is 5.91. The molecule has 0 radical (unpaired) electrons. The molecule has 0 saturated carbocycles. The minimum atomic E-state index is -0.146. The number of ether oxygens (including phenoxy) is 2. The van der Waals surface area contributed by atoms with Crippen molar-refractivity contribution in [2.45, 2.75) is 6.42 Å². The lowest BCUT2D eigenvalue weighted by Crippen LogP contribution is -2.15. The van der Waals surface area contributed by atoms with Crippen molar-refractivity contribution in [3.05, 3.63) is 36.0 Å². The van der Waals surface area contributed by atoms with E-state index < -0.39 is 0 Å². The summed E-state index contributed by atoms with van der Waals surface area (Å²) in [7, 11) is 4.94. The van der Waals surface area contributed by atoms with Crippen molar-refractivity contribution in [2.75, 3.05) is 19.5 Å². The lowest BCUT2D eigenvalue weighted by molar-refractivity contribution is -0.115. The van der Waals surface area contributed by atoms with Gasteiger partial charge in [-0.3, -0.25) is 9.48 Å². The van der Waals surface area contributed by atoms with Crippen LogP contribution in [0.4, 0.5) is 5.82 Å². The molecule has 6 heteroatoms. The van der Waals surface area contributed by atoms with E-state index >= 15 is 0 Å². The van der Waals surface area contributed by atoms with Crippen LogP contribution in [-0.2, 0) is 18.3 Å². The third kappa shape index (κ3) is 3.28. The van der Waals surface area contributed by atoms with Crippen LogP contribution in [0.15, 0.2) is 30.5 Å². The van der Waals surface area contributed by atoms with E-state index in [4.69, 9.17) is 9.47 Å². The van der Waals surface area contributed by atoms with Crippen LogP contribution in [0.3, 0.4) is 0 Å². The second-order valence-corrected chi connectivity index (χ2v) is 4.28. The molecule has 1 N–H and O–H groups in total. The van der Waals surface area contributed by atoms with Gasteiger partial charge >= 0.3 is 0 Å². The zero-order chi connectivity index (χ0) is 14.5. The molecule has 1 heterocycles. The third-order valence-corrected chi connectivity index (χ3v) is 2.83. The van der Waals surface area contributed by atoms with Gasteiger partial charge < -0.3 is 14.8 Å². The Bertz CT molecular complexity index is 607. The van der Waals surface area contributed by atoms with Gasteiger partial charge in [-0.1, -0.05) is 6.07 Å². The van der Waals surface area contributed by atoms with Crippen LogP contribution < -0.4 is 14.8 Å². The molecule has 0 aliphatic carbocycles. The number of anilines is 1. The number of aryl methyl sites for hydroxylation is 1. The van der Waals surface area contributed by atoms with Crippen LogP contribution in [0.25, 0.3) is 0 Å². The van der Waals surface area contributed by atoms with Gasteiger partial charge in [0.15, 0.2) is 5.82 Å². The Kier molecular flexibility index (Phi) is 4.24. The second kappa shape index (κ2) is 6.10. The van der Waals surface area contributed by atoms with Gasteiger partial charge in [-0.05, 0) is 6.07 Å². The zero-order valence-electron chi connectivity index (χ0n) is 11.7. The number of carbonyl (C=O) groups is 1. The number of nitrogens with one attached hydrogen (secondary N) is 1. The van der Waals surface area contributed by atoms with Gasteiger partial charge in [-0.25, -0.2) is 0 Å². The molecule has 106 valence electrons. The first-order valence-corrected chi connectivity index (χ1v) is 6.13. The Morgan fingerprint density at radius 2 is 2.10 bits per heavy atom.